The fourth-order valence-electron chi connectivity index (χ4n) is 1.91. The van der Waals surface area contributed by atoms with Crippen LogP contribution >= 0.6 is 15.9 Å². The van der Waals surface area contributed by atoms with E-state index in [0.29, 0.717) is 16.8 Å². The van der Waals surface area contributed by atoms with E-state index in [1.54, 1.807) is 13.0 Å². The van der Waals surface area contributed by atoms with E-state index in [0.717, 1.165) is 6.20 Å². The van der Waals surface area contributed by atoms with Gasteiger partial charge >= 0.3 is 11.5 Å². The third-order valence-electron chi connectivity index (χ3n) is 2.89. The summed E-state index contributed by atoms with van der Waals surface area (Å²) < 4.78 is 7.34. The van der Waals surface area contributed by atoms with Crippen LogP contribution in [0.3, 0.4) is 0 Å². The fourth-order valence-corrected chi connectivity index (χ4v) is 2.26. The normalized spacial score (nSPS) is 10.5. The highest BCUT2D eigenvalue weighted by molar-refractivity contribution is 9.10. The molecule has 116 valence electrons. The Bertz CT molecular complexity index is 730. The van der Waals surface area contributed by atoms with E-state index in [4.69, 9.17) is 4.74 Å². The average molecular weight is 371 g/mol. The van der Waals surface area contributed by atoms with Crippen LogP contribution in [0, 0.1) is 20.2 Å². The van der Waals surface area contributed by atoms with Crippen molar-refractivity contribution in [3.63, 3.8) is 0 Å². The SMILES string of the molecule is CCn1c([N+](=O)[O-])cnc1COc1ccc(Br)cc1[N+](=O)[O-]. The highest BCUT2D eigenvalue weighted by Crippen LogP contribution is 2.30. The first kappa shape index (κ1) is 15.9. The maximum absolute atomic E-state index is 11.0. The second kappa shape index (κ2) is 6.52. The van der Waals surface area contributed by atoms with Crippen LogP contribution in [0.25, 0.3) is 0 Å². The molecule has 10 heteroatoms. The number of nitro groups is 2. The van der Waals surface area contributed by atoms with E-state index in [-0.39, 0.29) is 23.9 Å². The molecule has 0 aliphatic rings. The van der Waals surface area contributed by atoms with Crippen LogP contribution in [-0.2, 0) is 13.2 Å². The summed E-state index contributed by atoms with van der Waals surface area (Å²) in [5.41, 5.74) is -0.196. The zero-order valence-corrected chi connectivity index (χ0v) is 13.0. The molecule has 0 radical (unpaired) electrons. The molecule has 0 atom stereocenters. The summed E-state index contributed by atoms with van der Waals surface area (Å²) in [5, 5.41) is 21.9. The number of ether oxygens (including phenoxy) is 1. The van der Waals surface area contributed by atoms with Crippen LogP contribution in [0.4, 0.5) is 11.5 Å². The first-order chi connectivity index (χ1) is 10.4. The molecule has 0 fully saturated rings. The summed E-state index contributed by atoms with van der Waals surface area (Å²) in [5.74, 6) is 0.249. The number of hydrogen-bond acceptors (Lipinski definition) is 6. The zero-order valence-electron chi connectivity index (χ0n) is 11.4. The Morgan fingerprint density at radius 3 is 2.64 bits per heavy atom. The second-order valence-electron chi connectivity index (χ2n) is 4.19. The van der Waals surface area contributed by atoms with Gasteiger partial charge in [-0.2, -0.15) is 0 Å². The van der Waals surface area contributed by atoms with Crippen molar-refractivity contribution in [2.45, 2.75) is 20.1 Å². The molecule has 9 nitrogen and oxygen atoms in total. The first-order valence-electron chi connectivity index (χ1n) is 6.19. The summed E-state index contributed by atoms with van der Waals surface area (Å²) in [7, 11) is 0. The minimum Gasteiger partial charge on any atom is -0.476 e. The summed E-state index contributed by atoms with van der Waals surface area (Å²) >= 11 is 3.15. The Hall–Kier alpha value is -2.49. The minimum absolute atomic E-state index is 0.0708. The lowest BCUT2D eigenvalue weighted by Crippen LogP contribution is -2.09. The predicted octanol–water partition coefficient (Wildman–Crippen LogP) is 3.06. The van der Waals surface area contributed by atoms with Crippen LogP contribution < -0.4 is 4.74 Å². The van der Waals surface area contributed by atoms with Gasteiger partial charge in [-0.15, -0.1) is 0 Å². The number of aromatic nitrogens is 2. The molecule has 0 spiro atoms. The number of benzene rings is 1. The van der Waals surface area contributed by atoms with Crippen LogP contribution in [0.15, 0.2) is 28.9 Å². The molecule has 0 aliphatic heterocycles. The van der Waals surface area contributed by atoms with Crippen molar-refractivity contribution in [2.75, 3.05) is 0 Å². The summed E-state index contributed by atoms with van der Waals surface area (Å²) in [4.78, 5) is 24.7. The standard InChI is InChI=1S/C12H11BrN4O5/c1-2-15-11(14-6-12(15)17(20)21)7-22-10-4-3-8(13)5-9(10)16(18)19/h3-6H,2,7H2,1H3. The lowest BCUT2D eigenvalue weighted by atomic mass is 10.3. The van der Waals surface area contributed by atoms with Crippen LogP contribution in [0.5, 0.6) is 5.75 Å². The molecular weight excluding hydrogens is 360 g/mol. The summed E-state index contributed by atoms with van der Waals surface area (Å²) in [6.07, 6.45) is 1.14. The van der Waals surface area contributed by atoms with Crippen molar-refractivity contribution in [1.82, 2.24) is 9.55 Å². The lowest BCUT2D eigenvalue weighted by Gasteiger charge is -2.06. The van der Waals surface area contributed by atoms with Crippen molar-refractivity contribution in [2.24, 2.45) is 0 Å². The van der Waals surface area contributed by atoms with Gasteiger partial charge in [-0.25, -0.2) is 9.55 Å². The molecule has 2 aromatic rings. The lowest BCUT2D eigenvalue weighted by molar-refractivity contribution is -0.392. The van der Waals surface area contributed by atoms with E-state index >= 15 is 0 Å². The Labute approximate surface area is 133 Å². The van der Waals surface area contributed by atoms with E-state index in [2.05, 4.69) is 20.9 Å². The molecule has 0 saturated heterocycles. The number of halogens is 1. The van der Waals surface area contributed by atoms with E-state index < -0.39 is 9.85 Å². The second-order valence-corrected chi connectivity index (χ2v) is 5.11. The molecule has 0 bridgehead atoms. The van der Waals surface area contributed by atoms with Gasteiger partial charge in [0.15, 0.2) is 12.4 Å². The molecule has 2 rings (SSSR count). The maximum atomic E-state index is 11.0. The van der Waals surface area contributed by atoms with E-state index in [1.165, 1.54) is 16.7 Å². The highest BCUT2D eigenvalue weighted by atomic mass is 79.9. The minimum atomic E-state index is -0.561. The highest BCUT2D eigenvalue weighted by Gasteiger charge is 2.21. The van der Waals surface area contributed by atoms with Crippen LogP contribution in [0.1, 0.15) is 12.7 Å². The Kier molecular flexibility index (Phi) is 4.71. The fraction of sp³-hybridized carbons (Fsp3) is 0.250. The van der Waals surface area contributed by atoms with Crippen molar-refractivity contribution in [1.29, 1.82) is 0 Å². The number of hydrogen-bond donors (Lipinski definition) is 0. The Morgan fingerprint density at radius 2 is 2.05 bits per heavy atom. The van der Waals surface area contributed by atoms with Crippen molar-refractivity contribution in [3.8, 4) is 5.75 Å². The van der Waals surface area contributed by atoms with E-state index in [1.807, 2.05) is 0 Å². The molecule has 0 N–H and O–H groups in total. The summed E-state index contributed by atoms with van der Waals surface area (Å²) in [6.45, 7) is 1.97. The quantitative estimate of drug-likeness (QED) is 0.570. The topological polar surface area (TPSA) is 113 Å². The molecule has 0 amide bonds. The molecule has 1 heterocycles. The third kappa shape index (κ3) is 3.22. The smallest absolute Gasteiger partial charge is 0.342 e. The van der Waals surface area contributed by atoms with Gasteiger partial charge in [0.2, 0.25) is 5.82 Å². The van der Waals surface area contributed by atoms with Gasteiger partial charge < -0.3 is 14.9 Å². The maximum Gasteiger partial charge on any atom is 0.342 e. The predicted molar refractivity (Wildman–Crippen MR) is 79.7 cm³/mol. The van der Waals surface area contributed by atoms with Gasteiger partial charge in [0.05, 0.1) is 11.5 Å². The van der Waals surface area contributed by atoms with Gasteiger partial charge in [-0.1, -0.05) is 15.9 Å². The molecular formula is C12H11BrN4O5. The monoisotopic (exact) mass is 370 g/mol. The molecule has 0 saturated carbocycles. The zero-order chi connectivity index (χ0) is 16.3. The number of rotatable bonds is 6. The molecule has 0 aliphatic carbocycles. The summed E-state index contributed by atoms with van der Waals surface area (Å²) in [6, 6.07) is 4.39. The average Bonchev–Trinajstić information content (AvgIpc) is 2.88. The molecule has 0 unspecified atom stereocenters. The largest absolute Gasteiger partial charge is 0.476 e. The van der Waals surface area contributed by atoms with Crippen molar-refractivity contribution >= 4 is 27.4 Å². The molecule has 1 aromatic heterocycles. The number of imidazole rings is 1. The first-order valence-corrected chi connectivity index (χ1v) is 6.98. The van der Waals surface area contributed by atoms with Gasteiger partial charge in [-0.3, -0.25) is 10.1 Å². The third-order valence-corrected chi connectivity index (χ3v) is 3.39. The number of nitro benzene ring substituents is 1. The number of nitrogens with zero attached hydrogens (tertiary/aromatic N) is 4. The van der Waals surface area contributed by atoms with Gasteiger partial charge in [0.25, 0.3) is 0 Å². The Balaban J connectivity index is 2.24. The van der Waals surface area contributed by atoms with E-state index in [9.17, 15) is 20.2 Å². The van der Waals surface area contributed by atoms with Crippen molar-refractivity contribution in [3.05, 3.63) is 54.9 Å². The van der Waals surface area contributed by atoms with Gasteiger partial charge in [0.1, 0.15) is 6.20 Å². The molecule has 22 heavy (non-hydrogen) atoms. The van der Waals surface area contributed by atoms with Crippen LogP contribution in [0.2, 0.25) is 0 Å². The molecule has 1 aromatic carbocycles. The van der Waals surface area contributed by atoms with Gasteiger partial charge in [0, 0.05) is 10.5 Å². The van der Waals surface area contributed by atoms with Gasteiger partial charge in [-0.05, 0) is 24.0 Å². The van der Waals surface area contributed by atoms with Crippen LogP contribution in [-0.4, -0.2) is 19.4 Å². The Morgan fingerprint density at radius 1 is 1.32 bits per heavy atom. The van der Waals surface area contributed by atoms with Crippen molar-refractivity contribution < 1.29 is 14.6 Å².